The zero-order valence-electron chi connectivity index (χ0n) is 15.2. The molecule has 0 saturated carbocycles. The predicted octanol–water partition coefficient (Wildman–Crippen LogP) is 2.42. The van der Waals surface area contributed by atoms with E-state index in [0.29, 0.717) is 6.54 Å². The van der Waals surface area contributed by atoms with E-state index in [1.165, 1.54) is 18.2 Å². The molecule has 2 atom stereocenters. The van der Waals surface area contributed by atoms with Crippen LogP contribution in [-0.4, -0.2) is 42.4 Å². The van der Waals surface area contributed by atoms with Gasteiger partial charge in [-0.1, -0.05) is 36.4 Å². The Bertz CT molecular complexity index is 978. The number of nitrogens with one attached hydrogen (secondary N) is 2. The van der Waals surface area contributed by atoms with Crippen LogP contribution in [0.25, 0.3) is 0 Å². The summed E-state index contributed by atoms with van der Waals surface area (Å²) in [6.07, 6.45) is 0.190. The van der Waals surface area contributed by atoms with E-state index in [2.05, 4.69) is 10.6 Å². The van der Waals surface area contributed by atoms with Crippen molar-refractivity contribution in [3.05, 3.63) is 60.2 Å². The fourth-order valence-electron chi connectivity index (χ4n) is 3.20. The summed E-state index contributed by atoms with van der Waals surface area (Å²) >= 11 is 0. The Hall–Kier alpha value is -2.91. The lowest BCUT2D eigenvalue weighted by molar-refractivity contribution is -0.129. The highest BCUT2D eigenvalue weighted by Crippen LogP contribution is 2.25. The highest BCUT2D eigenvalue weighted by atomic mass is 32.2. The summed E-state index contributed by atoms with van der Waals surface area (Å²) in [5.41, 5.74) is 1.23. The first kappa shape index (κ1) is 19.8. The van der Waals surface area contributed by atoms with Crippen LogP contribution in [0, 0.1) is 0 Å². The monoisotopic (exact) mass is 403 g/mol. The van der Waals surface area contributed by atoms with Gasteiger partial charge in [0.05, 0.1) is 17.0 Å². The third kappa shape index (κ3) is 4.68. The number of hydrogen-bond donors (Lipinski definition) is 3. The molecule has 1 aliphatic heterocycles. The third-order valence-electron chi connectivity index (χ3n) is 4.63. The van der Waals surface area contributed by atoms with Crippen LogP contribution in [0.2, 0.25) is 0 Å². The van der Waals surface area contributed by atoms with E-state index >= 15 is 0 Å². The van der Waals surface area contributed by atoms with E-state index in [-0.39, 0.29) is 35.0 Å². The molecule has 0 aromatic heterocycles. The largest absolute Gasteiger partial charge is 0.334 e. The topological polar surface area (TPSA) is 116 Å². The molecule has 2 unspecified atom stereocenters. The molecular formula is C19H21N3O5S. The third-order valence-corrected chi connectivity index (χ3v) is 5.48. The van der Waals surface area contributed by atoms with Gasteiger partial charge in [0.2, 0.25) is 5.91 Å². The molecular weight excluding hydrogens is 382 g/mol. The Morgan fingerprint density at radius 2 is 1.89 bits per heavy atom. The summed E-state index contributed by atoms with van der Waals surface area (Å²) in [5, 5.41) is 5.24. The molecule has 28 heavy (non-hydrogen) atoms. The molecule has 0 aliphatic carbocycles. The molecule has 148 valence electrons. The standard InChI is InChI=1S/C19H21N3O5S/c1-13(14-6-3-2-4-7-14)22-12-16(11-18(22)23)21-19(24)20-15-8-5-9-17(10-15)28(25,26)27/h2-10,13,16H,11-12H2,1H3,(H2,20,21,24)(H,25,26,27). The maximum Gasteiger partial charge on any atom is 0.319 e. The van der Waals surface area contributed by atoms with Gasteiger partial charge in [-0.2, -0.15) is 8.42 Å². The second-order valence-corrected chi connectivity index (χ2v) is 8.06. The van der Waals surface area contributed by atoms with Crippen molar-refractivity contribution in [2.45, 2.75) is 30.3 Å². The van der Waals surface area contributed by atoms with Crippen LogP contribution in [0.15, 0.2) is 59.5 Å². The summed E-state index contributed by atoms with van der Waals surface area (Å²) < 4.78 is 31.5. The van der Waals surface area contributed by atoms with Crippen molar-refractivity contribution in [2.75, 3.05) is 11.9 Å². The predicted molar refractivity (Wildman–Crippen MR) is 103 cm³/mol. The average molecular weight is 403 g/mol. The second kappa shape index (κ2) is 7.99. The lowest BCUT2D eigenvalue weighted by Gasteiger charge is -2.25. The summed E-state index contributed by atoms with van der Waals surface area (Å²) in [4.78, 5) is 26.0. The minimum Gasteiger partial charge on any atom is -0.334 e. The Balaban J connectivity index is 1.60. The number of nitrogens with zero attached hydrogens (tertiary/aromatic N) is 1. The number of hydrogen-bond acceptors (Lipinski definition) is 4. The van der Waals surface area contributed by atoms with Gasteiger partial charge in [0.15, 0.2) is 0 Å². The van der Waals surface area contributed by atoms with Gasteiger partial charge in [0.1, 0.15) is 0 Å². The van der Waals surface area contributed by atoms with Crippen molar-refractivity contribution in [1.82, 2.24) is 10.2 Å². The normalized spacial score (nSPS) is 18.0. The van der Waals surface area contributed by atoms with Crippen molar-refractivity contribution in [2.24, 2.45) is 0 Å². The van der Waals surface area contributed by atoms with Crippen LogP contribution in [0.1, 0.15) is 24.9 Å². The van der Waals surface area contributed by atoms with Crippen molar-refractivity contribution >= 4 is 27.7 Å². The summed E-state index contributed by atoms with van der Waals surface area (Å²) in [5.74, 6) is -0.0463. The molecule has 9 heteroatoms. The maximum atomic E-state index is 12.4. The first-order chi connectivity index (χ1) is 13.2. The van der Waals surface area contributed by atoms with Crippen LogP contribution in [0.5, 0.6) is 0 Å². The minimum absolute atomic E-state index is 0.0463. The molecule has 2 aromatic carbocycles. The van der Waals surface area contributed by atoms with Crippen LogP contribution < -0.4 is 10.6 Å². The van der Waals surface area contributed by atoms with Gasteiger partial charge in [-0.05, 0) is 30.7 Å². The number of benzene rings is 2. The van der Waals surface area contributed by atoms with Crippen LogP contribution in [0.4, 0.5) is 10.5 Å². The Labute approximate surface area is 163 Å². The zero-order valence-corrected chi connectivity index (χ0v) is 16.0. The average Bonchev–Trinajstić information content (AvgIpc) is 3.01. The van der Waals surface area contributed by atoms with Gasteiger partial charge in [-0.15, -0.1) is 0 Å². The molecule has 0 bridgehead atoms. The van der Waals surface area contributed by atoms with E-state index in [0.717, 1.165) is 11.6 Å². The van der Waals surface area contributed by atoms with Gasteiger partial charge in [-0.3, -0.25) is 9.35 Å². The van der Waals surface area contributed by atoms with Gasteiger partial charge in [0.25, 0.3) is 10.1 Å². The molecule has 8 nitrogen and oxygen atoms in total. The molecule has 3 amide bonds. The van der Waals surface area contributed by atoms with Gasteiger partial charge < -0.3 is 15.5 Å². The molecule has 2 aromatic rings. The van der Waals surface area contributed by atoms with Crippen molar-refractivity contribution in [3.8, 4) is 0 Å². The van der Waals surface area contributed by atoms with E-state index in [1.54, 1.807) is 4.90 Å². The van der Waals surface area contributed by atoms with E-state index in [4.69, 9.17) is 4.55 Å². The molecule has 1 heterocycles. The zero-order chi connectivity index (χ0) is 20.3. The van der Waals surface area contributed by atoms with Crippen molar-refractivity contribution in [1.29, 1.82) is 0 Å². The molecule has 0 radical (unpaired) electrons. The number of carbonyl (C=O) groups is 2. The van der Waals surface area contributed by atoms with Crippen LogP contribution in [-0.2, 0) is 14.9 Å². The van der Waals surface area contributed by atoms with Crippen LogP contribution >= 0.6 is 0 Å². The maximum absolute atomic E-state index is 12.4. The molecule has 3 rings (SSSR count). The number of amides is 3. The lowest BCUT2D eigenvalue weighted by atomic mass is 10.1. The first-order valence-corrected chi connectivity index (χ1v) is 10.2. The summed E-state index contributed by atoms with van der Waals surface area (Å²) in [6, 6.07) is 13.9. The minimum atomic E-state index is -4.36. The van der Waals surface area contributed by atoms with Crippen LogP contribution in [0.3, 0.4) is 0 Å². The second-order valence-electron chi connectivity index (χ2n) is 6.64. The Morgan fingerprint density at radius 1 is 1.18 bits per heavy atom. The summed E-state index contributed by atoms with van der Waals surface area (Å²) in [7, 11) is -4.36. The van der Waals surface area contributed by atoms with Crippen molar-refractivity contribution < 1.29 is 22.6 Å². The fourth-order valence-corrected chi connectivity index (χ4v) is 3.73. The lowest BCUT2D eigenvalue weighted by Crippen LogP contribution is -2.40. The Kier molecular flexibility index (Phi) is 5.66. The Morgan fingerprint density at radius 3 is 2.57 bits per heavy atom. The van der Waals surface area contributed by atoms with Crippen molar-refractivity contribution in [3.63, 3.8) is 0 Å². The molecule has 0 spiro atoms. The number of carbonyl (C=O) groups excluding carboxylic acids is 2. The molecule has 1 aliphatic rings. The molecule has 3 N–H and O–H groups in total. The van der Waals surface area contributed by atoms with E-state index < -0.39 is 16.1 Å². The molecule has 1 saturated heterocycles. The van der Waals surface area contributed by atoms with Gasteiger partial charge in [-0.25, -0.2) is 4.79 Å². The van der Waals surface area contributed by atoms with E-state index in [9.17, 15) is 18.0 Å². The molecule has 1 fully saturated rings. The fraction of sp³-hybridized carbons (Fsp3) is 0.263. The smallest absolute Gasteiger partial charge is 0.319 e. The summed E-state index contributed by atoms with van der Waals surface area (Å²) in [6.45, 7) is 2.32. The SMILES string of the molecule is CC(c1ccccc1)N1CC(NC(=O)Nc2cccc(S(=O)(=O)O)c2)CC1=O. The number of urea groups is 1. The highest BCUT2D eigenvalue weighted by Gasteiger charge is 2.33. The van der Waals surface area contributed by atoms with E-state index in [1.807, 2.05) is 37.3 Å². The highest BCUT2D eigenvalue weighted by molar-refractivity contribution is 7.85. The first-order valence-electron chi connectivity index (χ1n) is 8.73. The number of anilines is 1. The number of rotatable bonds is 5. The number of likely N-dealkylation sites (tertiary alicyclic amines) is 1. The quantitative estimate of drug-likeness (QED) is 0.663. The van der Waals surface area contributed by atoms with Gasteiger partial charge >= 0.3 is 6.03 Å². The van der Waals surface area contributed by atoms with Gasteiger partial charge in [0, 0.05) is 18.7 Å².